The van der Waals surface area contributed by atoms with E-state index in [1.807, 2.05) is 18.2 Å². The van der Waals surface area contributed by atoms with Gasteiger partial charge < -0.3 is 14.2 Å². The highest BCUT2D eigenvalue weighted by Crippen LogP contribution is 2.42. The average molecular weight is 298 g/mol. The van der Waals surface area contributed by atoms with Gasteiger partial charge in [0.05, 0.1) is 7.11 Å². The molecule has 0 saturated carbocycles. The second-order valence-corrected chi connectivity index (χ2v) is 5.25. The maximum atomic E-state index is 11.2. The molecule has 1 aliphatic rings. The zero-order chi connectivity index (χ0) is 15.5. The quantitative estimate of drug-likeness (QED) is 0.640. The van der Waals surface area contributed by atoms with Crippen molar-refractivity contribution in [3.63, 3.8) is 0 Å². The molecule has 0 fully saturated rings. The molecule has 0 spiro atoms. The SMILES string of the molecule is COc1cc(OC(C)=O)cc2c1CC[C@@H](c1ccccc1)O2. The van der Waals surface area contributed by atoms with Gasteiger partial charge in [0.2, 0.25) is 0 Å². The fourth-order valence-corrected chi connectivity index (χ4v) is 2.74. The topological polar surface area (TPSA) is 44.8 Å². The molecule has 0 radical (unpaired) electrons. The Labute approximate surface area is 129 Å². The van der Waals surface area contributed by atoms with Gasteiger partial charge >= 0.3 is 5.97 Å². The largest absolute Gasteiger partial charge is 0.496 e. The highest BCUT2D eigenvalue weighted by molar-refractivity contribution is 5.70. The van der Waals surface area contributed by atoms with E-state index >= 15 is 0 Å². The van der Waals surface area contributed by atoms with Crippen molar-refractivity contribution in [3.8, 4) is 17.2 Å². The summed E-state index contributed by atoms with van der Waals surface area (Å²) < 4.78 is 16.7. The van der Waals surface area contributed by atoms with Crippen LogP contribution in [0.4, 0.5) is 0 Å². The first kappa shape index (κ1) is 14.4. The minimum Gasteiger partial charge on any atom is -0.496 e. The molecule has 4 nitrogen and oxygen atoms in total. The Morgan fingerprint density at radius 1 is 1.23 bits per heavy atom. The van der Waals surface area contributed by atoms with E-state index in [0.717, 1.165) is 29.7 Å². The second-order valence-electron chi connectivity index (χ2n) is 5.25. The third kappa shape index (κ3) is 2.91. The summed E-state index contributed by atoms with van der Waals surface area (Å²) in [6.45, 7) is 1.37. The van der Waals surface area contributed by atoms with Crippen molar-refractivity contribution >= 4 is 5.97 Å². The van der Waals surface area contributed by atoms with E-state index < -0.39 is 0 Å². The molecule has 0 unspecified atom stereocenters. The van der Waals surface area contributed by atoms with Crippen LogP contribution in [-0.4, -0.2) is 13.1 Å². The molecule has 0 saturated heterocycles. The number of fused-ring (bicyclic) bond motifs is 1. The lowest BCUT2D eigenvalue weighted by molar-refractivity contribution is -0.131. The zero-order valence-electron chi connectivity index (χ0n) is 12.7. The fourth-order valence-electron chi connectivity index (χ4n) is 2.74. The van der Waals surface area contributed by atoms with Gasteiger partial charge in [-0.3, -0.25) is 4.79 Å². The van der Waals surface area contributed by atoms with Crippen molar-refractivity contribution in [1.82, 2.24) is 0 Å². The lowest BCUT2D eigenvalue weighted by Crippen LogP contribution is -2.16. The number of benzene rings is 2. The van der Waals surface area contributed by atoms with E-state index in [4.69, 9.17) is 14.2 Å². The van der Waals surface area contributed by atoms with Crippen LogP contribution in [0.3, 0.4) is 0 Å². The fraction of sp³-hybridized carbons (Fsp3) is 0.278. The zero-order valence-corrected chi connectivity index (χ0v) is 12.7. The molecule has 3 rings (SSSR count). The molecule has 114 valence electrons. The maximum Gasteiger partial charge on any atom is 0.308 e. The standard InChI is InChI=1S/C18H18O4/c1-12(19)21-14-10-17(20-2)15-8-9-16(22-18(15)11-14)13-6-4-3-5-7-13/h3-7,10-11,16H,8-9H2,1-2H3/t16-/m0/s1. The van der Waals surface area contributed by atoms with Crippen LogP contribution in [0.2, 0.25) is 0 Å². The van der Waals surface area contributed by atoms with Crippen LogP contribution in [0.25, 0.3) is 0 Å². The number of carbonyl (C=O) groups is 1. The van der Waals surface area contributed by atoms with Gasteiger partial charge in [-0.2, -0.15) is 0 Å². The first-order valence-electron chi connectivity index (χ1n) is 7.28. The Hall–Kier alpha value is -2.49. The monoisotopic (exact) mass is 298 g/mol. The first-order chi connectivity index (χ1) is 10.7. The average Bonchev–Trinajstić information content (AvgIpc) is 2.53. The molecular weight excluding hydrogens is 280 g/mol. The molecule has 1 aliphatic heterocycles. The van der Waals surface area contributed by atoms with E-state index in [-0.39, 0.29) is 12.1 Å². The van der Waals surface area contributed by atoms with Gasteiger partial charge in [0.15, 0.2) is 0 Å². The number of rotatable bonds is 3. The third-order valence-corrected chi connectivity index (χ3v) is 3.72. The van der Waals surface area contributed by atoms with Crippen LogP contribution in [0.5, 0.6) is 17.2 Å². The summed E-state index contributed by atoms with van der Waals surface area (Å²) in [6.07, 6.45) is 1.75. The van der Waals surface area contributed by atoms with E-state index in [1.54, 1.807) is 19.2 Å². The number of esters is 1. The predicted octanol–water partition coefficient (Wildman–Crippen LogP) is 3.69. The lowest BCUT2D eigenvalue weighted by atomic mass is 9.96. The summed E-state index contributed by atoms with van der Waals surface area (Å²) in [4.78, 5) is 11.2. The molecular formula is C18H18O4. The molecule has 0 N–H and O–H groups in total. The Morgan fingerprint density at radius 3 is 2.68 bits per heavy atom. The lowest BCUT2D eigenvalue weighted by Gasteiger charge is -2.28. The highest BCUT2D eigenvalue weighted by atomic mass is 16.5. The molecule has 4 heteroatoms. The van der Waals surface area contributed by atoms with Crippen molar-refractivity contribution in [3.05, 3.63) is 53.6 Å². The van der Waals surface area contributed by atoms with Crippen molar-refractivity contribution < 1.29 is 19.0 Å². The number of hydrogen-bond donors (Lipinski definition) is 0. The van der Waals surface area contributed by atoms with Gasteiger partial charge in [0.25, 0.3) is 0 Å². The Bertz CT molecular complexity index is 679. The first-order valence-corrected chi connectivity index (χ1v) is 7.28. The highest BCUT2D eigenvalue weighted by Gasteiger charge is 2.25. The van der Waals surface area contributed by atoms with Gasteiger partial charge in [-0.05, 0) is 18.4 Å². The normalized spacial score (nSPS) is 16.4. The van der Waals surface area contributed by atoms with Crippen LogP contribution < -0.4 is 14.2 Å². The van der Waals surface area contributed by atoms with Crippen molar-refractivity contribution in [2.24, 2.45) is 0 Å². The molecule has 2 aromatic rings. The van der Waals surface area contributed by atoms with Gasteiger partial charge in [-0.15, -0.1) is 0 Å². The summed E-state index contributed by atoms with van der Waals surface area (Å²) in [5, 5.41) is 0. The van der Waals surface area contributed by atoms with Gasteiger partial charge in [0, 0.05) is 24.6 Å². The van der Waals surface area contributed by atoms with Crippen molar-refractivity contribution in [2.45, 2.75) is 25.9 Å². The van der Waals surface area contributed by atoms with Crippen LogP contribution in [0.1, 0.15) is 30.6 Å². The third-order valence-electron chi connectivity index (χ3n) is 3.72. The Morgan fingerprint density at radius 2 is 2.00 bits per heavy atom. The molecule has 1 atom stereocenters. The summed E-state index contributed by atoms with van der Waals surface area (Å²) in [6, 6.07) is 13.6. The second kappa shape index (κ2) is 6.10. The summed E-state index contributed by atoms with van der Waals surface area (Å²) >= 11 is 0. The van der Waals surface area contributed by atoms with E-state index in [2.05, 4.69) is 12.1 Å². The summed E-state index contributed by atoms with van der Waals surface area (Å²) in [5.74, 6) is 1.49. The molecule has 1 heterocycles. The molecule has 2 aromatic carbocycles. The van der Waals surface area contributed by atoms with Crippen LogP contribution >= 0.6 is 0 Å². The molecule has 0 aromatic heterocycles. The van der Waals surface area contributed by atoms with Crippen molar-refractivity contribution in [2.75, 3.05) is 7.11 Å². The van der Waals surface area contributed by atoms with Crippen LogP contribution in [0.15, 0.2) is 42.5 Å². The summed E-state index contributed by atoms with van der Waals surface area (Å²) in [7, 11) is 1.61. The number of hydrogen-bond acceptors (Lipinski definition) is 4. The number of carbonyl (C=O) groups excluding carboxylic acids is 1. The van der Waals surface area contributed by atoms with Crippen molar-refractivity contribution in [1.29, 1.82) is 0 Å². The smallest absolute Gasteiger partial charge is 0.308 e. The minimum absolute atomic E-state index is 0.00554. The Kier molecular flexibility index (Phi) is 4.00. The van der Waals surface area contributed by atoms with Gasteiger partial charge in [-0.25, -0.2) is 0 Å². The number of methoxy groups -OCH3 is 1. The van der Waals surface area contributed by atoms with E-state index in [0.29, 0.717) is 11.5 Å². The van der Waals surface area contributed by atoms with Gasteiger partial charge in [0.1, 0.15) is 23.4 Å². The summed E-state index contributed by atoms with van der Waals surface area (Å²) in [5.41, 5.74) is 2.16. The molecule has 0 amide bonds. The molecule has 0 bridgehead atoms. The van der Waals surface area contributed by atoms with E-state index in [1.165, 1.54) is 6.92 Å². The van der Waals surface area contributed by atoms with Crippen LogP contribution in [-0.2, 0) is 11.2 Å². The van der Waals surface area contributed by atoms with E-state index in [9.17, 15) is 4.79 Å². The molecule has 0 aliphatic carbocycles. The van der Waals surface area contributed by atoms with Gasteiger partial charge in [-0.1, -0.05) is 30.3 Å². The minimum atomic E-state index is -0.363. The Balaban J connectivity index is 1.93. The molecule has 22 heavy (non-hydrogen) atoms. The number of ether oxygens (including phenoxy) is 3. The maximum absolute atomic E-state index is 11.2. The predicted molar refractivity (Wildman–Crippen MR) is 82.4 cm³/mol. The van der Waals surface area contributed by atoms with Crippen LogP contribution in [0, 0.1) is 0 Å².